The predicted octanol–water partition coefficient (Wildman–Crippen LogP) is 5.61. The van der Waals surface area contributed by atoms with E-state index in [-0.39, 0.29) is 0 Å². The molecule has 0 radical (unpaired) electrons. The van der Waals surface area contributed by atoms with E-state index in [2.05, 4.69) is 64.3 Å². The third kappa shape index (κ3) is 3.68. The van der Waals surface area contributed by atoms with Crippen molar-refractivity contribution < 1.29 is 0 Å². The Balaban J connectivity index is 1.63. The van der Waals surface area contributed by atoms with Crippen molar-refractivity contribution >= 4 is 39.7 Å². The third-order valence-electron chi connectivity index (χ3n) is 4.23. The van der Waals surface area contributed by atoms with Gasteiger partial charge in [-0.15, -0.1) is 11.3 Å². The lowest BCUT2D eigenvalue weighted by molar-refractivity contribution is 1.12. The fourth-order valence-electron chi connectivity index (χ4n) is 2.80. The number of rotatable bonds is 6. The number of benzene rings is 2. The second-order valence-corrected chi connectivity index (χ2v) is 7.05. The third-order valence-corrected chi connectivity index (χ3v) is 5.11. The molecule has 0 aliphatic rings. The zero-order chi connectivity index (χ0) is 17.8. The Morgan fingerprint density at radius 2 is 1.77 bits per heavy atom. The number of aryl methyl sites for hydroxylation is 1. The summed E-state index contributed by atoms with van der Waals surface area (Å²) in [5, 5.41) is 9.88. The molecule has 0 saturated heterocycles. The molecule has 0 spiro atoms. The molecule has 5 heteroatoms. The van der Waals surface area contributed by atoms with Gasteiger partial charge in [0, 0.05) is 16.0 Å². The molecule has 4 aromatic rings. The van der Waals surface area contributed by atoms with Crippen LogP contribution < -0.4 is 10.6 Å². The molecular weight excluding hydrogens is 340 g/mol. The van der Waals surface area contributed by atoms with Gasteiger partial charge in [0.1, 0.15) is 5.82 Å². The first-order valence-corrected chi connectivity index (χ1v) is 9.59. The Morgan fingerprint density at radius 3 is 2.54 bits per heavy atom. The van der Waals surface area contributed by atoms with E-state index in [1.54, 1.807) is 11.3 Å². The quantitative estimate of drug-likeness (QED) is 0.469. The Morgan fingerprint density at radius 1 is 0.923 bits per heavy atom. The van der Waals surface area contributed by atoms with Gasteiger partial charge in [-0.1, -0.05) is 37.3 Å². The molecule has 0 aliphatic heterocycles. The van der Waals surface area contributed by atoms with Gasteiger partial charge in [-0.25, -0.2) is 4.98 Å². The maximum atomic E-state index is 4.71. The molecule has 0 fully saturated rings. The van der Waals surface area contributed by atoms with E-state index in [4.69, 9.17) is 4.98 Å². The fraction of sp³-hybridized carbons (Fsp3) is 0.143. The highest BCUT2D eigenvalue weighted by Gasteiger charge is 2.08. The van der Waals surface area contributed by atoms with Crippen LogP contribution in [0, 0.1) is 0 Å². The maximum Gasteiger partial charge on any atom is 0.229 e. The molecule has 130 valence electrons. The first-order valence-electron chi connectivity index (χ1n) is 8.71. The number of fused-ring (bicyclic) bond motifs is 1. The van der Waals surface area contributed by atoms with Crippen molar-refractivity contribution in [1.82, 2.24) is 9.97 Å². The number of hydrogen-bond donors (Lipinski definition) is 2. The van der Waals surface area contributed by atoms with Crippen LogP contribution in [0.3, 0.4) is 0 Å². The first kappa shape index (κ1) is 16.5. The SMILES string of the molecule is CCc1ccc(Nc2nc(NCc3cccs3)c3ccccc3n2)cc1. The Bertz CT molecular complexity index is 994. The summed E-state index contributed by atoms with van der Waals surface area (Å²) in [6, 6.07) is 20.6. The van der Waals surface area contributed by atoms with Gasteiger partial charge in [0.05, 0.1) is 12.1 Å². The number of nitrogens with zero attached hydrogens (tertiary/aromatic N) is 2. The molecule has 0 saturated carbocycles. The second-order valence-electron chi connectivity index (χ2n) is 6.02. The number of anilines is 3. The molecule has 4 rings (SSSR count). The number of hydrogen-bond acceptors (Lipinski definition) is 5. The zero-order valence-electron chi connectivity index (χ0n) is 14.6. The van der Waals surface area contributed by atoms with Crippen molar-refractivity contribution in [3.63, 3.8) is 0 Å². The van der Waals surface area contributed by atoms with Crippen LogP contribution in [-0.4, -0.2) is 9.97 Å². The Hall–Kier alpha value is -2.92. The summed E-state index contributed by atoms with van der Waals surface area (Å²) < 4.78 is 0. The highest BCUT2D eigenvalue weighted by atomic mass is 32.1. The zero-order valence-corrected chi connectivity index (χ0v) is 15.4. The monoisotopic (exact) mass is 360 g/mol. The van der Waals surface area contributed by atoms with E-state index in [0.717, 1.165) is 35.4 Å². The number of nitrogens with one attached hydrogen (secondary N) is 2. The van der Waals surface area contributed by atoms with Crippen LogP contribution in [0.15, 0.2) is 66.0 Å². The topological polar surface area (TPSA) is 49.8 Å². The average Bonchev–Trinajstić information content (AvgIpc) is 3.20. The van der Waals surface area contributed by atoms with Gasteiger partial charge in [-0.05, 0) is 47.7 Å². The molecule has 0 bridgehead atoms. The van der Waals surface area contributed by atoms with Crippen molar-refractivity contribution in [2.75, 3.05) is 10.6 Å². The number of thiophene rings is 1. The molecule has 2 aromatic heterocycles. The van der Waals surface area contributed by atoms with Gasteiger partial charge in [0.25, 0.3) is 0 Å². The normalized spacial score (nSPS) is 10.8. The molecule has 0 amide bonds. The largest absolute Gasteiger partial charge is 0.364 e. The van der Waals surface area contributed by atoms with E-state index in [0.29, 0.717) is 5.95 Å². The second kappa shape index (κ2) is 7.54. The van der Waals surface area contributed by atoms with Crippen molar-refractivity contribution in [3.8, 4) is 0 Å². The van der Waals surface area contributed by atoms with Gasteiger partial charge in [-0.2, -0.15) is 4.98 Å². The standard InChI is InChI=1S/C21H20N4S/c1-2-15-9-11-16(12-10-15)23-21-24-19-8-4-3-7-18(19)20(25-21)22-14-17-6-5-13-26-17/h3-13H,2,14H2,1H3,(H2,22,23,24,25). The van der Waals surface area contributed by atoms with Crippen LogP contribution in [0.25, 0.3) is 10.9 Å². The number of aromatic nitrogens is 2. The van der Waals surface area contributed by atoms with Crippen LogP contribution in [0.2, 0.25) is 0 Å². The Labute approximate surface area is 157 Å². The lowest BCUT2D eigenvalue weighted by Crippen LogP contribution is -2.05. The molecule has 2 aromatic carbocycles. The van der Waals surface area contributed by atoms with Crippen LogP contribution in [0.4, 0.5) is 17.5 Å². The summed E-state index contributed by atoms with van der Waals surface area (Å²) in [5.41, 5.74) is 3.22. The number of para-hydroxylation sites is 1. The summed E-state index contributed by atoms with van der Waals surface area (Å²) in [4.78, 5) is 10.6. The van der Waals surface area contributed by atoms with Gasteiger partial charge in [0.2, 0.25) is 5.95 Å². The minimum atomic E-state index is 0.599. The van der Waals surface area contributed by atoms with E-state index < -0.39 is 0 Å². The van der Waals surface area contributed by atoms with Crippen LogP contribution in [0.5, 0.6) is 0 Å². The van der Waals surface area contributed by atoms with E-state index >= 15 is 0 Å². The van der Waals surface area contributed by atoms with Crippen molar-refractivity contribution in [2.45, 2.75) is 19.9 Å². The smallest absolute Gasteiger partial charge is 0.229 e. The summed E-state index contributed by atoms with van der Waals surface area (Å²) >= 11 is 1.74. The first-order chi connectivity index (χ1) is 12.8. The molecule has 0 aliphatic carbocycles. The molecule has 0 unspecified atom stereocenters. The minimum Gasteiger partial charge on any atom is -0.364 e. The van der Waals surface area contributed by atoms with Gasteiger partial charge >= 0.3 is 0 Å². The molecule has 26 heavy (non-hydrogen) atoms. The van der Waals surface area contributed by atoms with E-state index in [1.165, 1.54) is 10.4 Å². The van der Waals surface area contributed by atoms with Gasteiger partial charge < -0.3 is 10.6 Å². The van der Waals surface area contributed by atoms with Gasteiger partial charge in [0.15, 0.2) is 0 Å². The molecule has 4 nitrogen and oxygen atoms in total. The lowest BCUT2D eigenvalue weighted by Gasteiger charge is -2.11. The van der Waals surface area contributed by atoms with Crippen molar-refractivity contribution in [2.24, 2.45) is 0 Å². The molecular formula is C21H20N4S. The highest BCUT2D eigenvalue weighted by Crippen LogP contribution is 2.24. The van der Waals surface area contributed by atoms with Gasteiger partial charge in [-0.3, -0.25) is 0 Å². The van der Waals surface area contributed by atoms with Crippen LogP contribution in [0.1, 0.15) is 17.4 Å². The molecule has 2 heterocycles. The summed E-state index contributed by atoms with van der Waals surface area (Å²) in [6.45, 7) is 2.91. The Kier molecular flexibility index (Phi) is 4.80. The minimum absolute atomic E-state index is 0.599. The van der Waals surface area contributed by atoms with Crippen LogP contribution in [-0.2, 0) is 13.0 Å². The van der Waals surface area contributed by atoms with E-state index in [1.807, 2.05) is 24.3 Å². The van der Waals surface area contributed by atoms with Crippen molar-refractivity contribution in [1.29, 1.82) is 0 Å². The summed E-state index contributed by atoms with van der Waals surface area (Å²) in [6.07, 6.45) is 1.03. The molecule has 0 atom stereocenters. The highest BCUT2D eigenvalue weighted by molar-refractivity contribution is 7.09. The molecule has 2 N–H and O–H groups in total. The van der Waals surface area contributed by atoms with Crippen molar-refractivity contribution in [3.05, 3.63) is 76.5 Å². The average molecular weight is 360 g/mol. The lowest BCUT2D eigenvalue weighted by atomic mass is 10.1. The summed E-state index contributed by atoms with van der Waals surface area (Å²) in [5.74, 6) is 1.44. The maximum absolute atomic E-state index is 4.71. The van der Waals surface area contributed by atoms with E-state index in [9.17, 15) is 0 Å². The fourth-order valence-corrected chi connectivity index (χ4v) is 3.45. The van der Waals surface area contributed by atoms with Crippen LogP contribution >= 0.6 is 11.3 Å². The summed E-state index contributed by atoms with van der Waals surface area (Å²) in [7, 11) is 0. The predicted molar refractivity (Wildman–Crippen MR) is 110 cm³/mol.